The summed E-state index contributed by atoms with van der Waals surface area (Å²) in [6.07, 6.45) is 1.92. The third kappa shape index (κ3) is 4.25. The normalized spacial score (nSPS) is 16.6. The predicted octanol–water partition coefficient (Wildman–Crippen LogP) is 5.60. The zero-order chi connectivity index (χ0) is 20.2. The van der Waals surface area contributed by atoms with Gasteiger partial charge in [0.25, 0.3) is 5.91 Å². The number of aliphatic imine (C=N–C) groups is 1. The Hall–Kier alpha value is -3.31. The van der Waals surface area contributed by atoms with Crippen LogP contribution in [0.1, 0.15) is 5.56 Å². The number of amidine groups is 1. The molecule has 4 nitrogen and oxygen atoms in total. The largest absolute Gasteiger partial charge is 0.497 e. The number of ether oxygens (including phenoxy) is 1. The number of likely N-dealkylation sites (N-methyl/N-ethyl adjacent to an activating group) is 1. The second-order valence-electron chi connectivity index (χ2n) is 6.56. The molecule has 1 saturated heterocycles. The number of rotatable bonds is 4. The lowest BCUT2D eigenvalue weighted by atomic mass is 10.0. The molecule has 0 N–H and O–H groups in total. The lowest BCUT2D eigenvalue weighted by Gasteiger charge is -2.07. The highest BCUT2D eigenvalue weighted by Crippen LogP contribution is 2.33. The van der Waals surface area contributed by atoms with Crippen molar-refractivity contribution in [1.82, 2.24) is 4.90 Å². The molecule has 144 valence electrons. The van der Waals surface area contributed by atoms with Crippen molar-refractivity contribution in [2.75, 3.05) is 14.2 Å². The van der Waals surface area contributed by atoms with Gasteiger partial charge < -0.3 is 4.74 Å². The number of carbonyl (C=O) groups excluding carboxylic acids is 1. The van der Waals surface area contributed by atoms with E-state index in [2.05, 4.69) is 17.1 Å². The number of amides is 1. The van der Waals surface area contributed by atoms with E-state index in [1.165, 1.54) is 11.8 Å². The Labute approximate surface area is 174 Å². The molecular weight excluding hydrogens is 380 g/mol. The molecule has 0 radical (unpaired) electrons. The van der Waals surface area contributed by atoms with Crippen LogP contribution in [0.25, 0.3) is 17.2 Å². The molecule has 0 spiro atoms. The van der Waals surface area contributed by atoms with Crippen molar-refractivity contribution in [3.8, 4) is 16.9 Å². The number of carbonyl (C=O) groups is 1. The summed E-state index contributed by atoms with van der Waals surface area (Å²) in [7, 11) is 3.41. The van der Waals surface area contributed by atoms with Gasteiger partial charge in [-0.15, -0.1) is 0 Å². The van der Waals surface area contributed by atoms with E-state index in [1.54, 1.807) is 19.1 Å². The molecule has 3 aromatic carbocycles. The van der Waals surface area contributed by atoms with Crippen molar-refractivity contribution >= 4 is 34.6 Å². The molecule has 0 saturated carbocycles. The molecule has 1 aliphatic heterocycles. The van der Waals surface area contributed by atoms with Crippen LogP contribution >= 0.6 is 11.8 Å². The van der Waals surface area contributed by atoms with Crippen LogP contribution in [0.3, 0.4) is 0 Å². The minimum Gasteiger partial charge on any atom is -0.497 e. The summed E-state index contributed by atoms with van der Waals surface area (Å²) < 4.78 is 5.23. The quantitative estimate of drug-likeness (QED) is 0.536. The van der Waals surface area contributed by atoms with Crippen LogP contribution in [0.5, 0.6) is 5.75 Å². The second-order valence-corrected chi connectivity index (χ2v) is 7.57. The maximum absolute atomic E-state index is 12.7. The van der Waals surface area contributed by atoms with E-state index in [1.807, 2.05) is 72.8 Å². The van der Waals surface area contributed by atoms with E-state index < -0.39 is 0 Å². The minimum absolute atomic E-state index is 0.0421. The zero-order valence-electron chi connectivity index (χ0n) is 16.2. The molecule has 3 aromatic rings. The van der Waals surface area contributed by atoms with Gasteiger partial charge in [-0.3, -0.25) is 9.69 Å². The van der Waals surface area contributed by atoms with Crippen molar-refractivity contribution in [3.63, 3.8) is 0 Å². The van der Waals surface area contributed by atoms with Gasteiger partial charge in [0.15, 0.2) is 5.17 Å². The summed E-state index contributed by atoms with van der Waals surface area (Å²) in [5, 5.41) is 0.679. The molecule has 1 aliphatic rings. The zero-order valence-corrected chi connectivity index (χ0v) is 17.0. The molecule has 0 aliphatic carbocycles. The first-order chi connectivity index (χ1) is 14.1. The number of thioether (sulfide) groups is 1. The number of nitrogens with zero attached hydrogens (tertiary/aromatic N) is 2. The van der Waals surface area contributed by atoms with Gasteiger partial charge in [0.05, 0.1) is 17.7 Å². The van der Waals surface area contributed by atoms with Crippen LogP contribution in [0.15, 0.2) is 88.8 Å². The first kappa shape index (κ1) is 19.0. The van der Waals surface area contributed by atoms with Crippen molar-refractivity contribution in [3.05, 3.63) is 89.3 Å². The van der Waals surface area contributed by atoms with Gasteiger partial charge in [-0.2, -0.15) is 0 Å². The van der Waals surface area contributed by atoms with E-state index in [4.69, 9.17) is 4.74 Å². The molecule has 0 atom stereocenters. The Bertz CT molecular complexity index is 1090. The first-order valence-corrected chi connectivity index (χ1v) is 10.0. The van der Waals surface area contributed by atoms with Crippen LogP contribution in [0, 0.1) is 0 Å². The van der Waals surface area contributed by atoms with Crippen molar-refractivity contribution in [1.29, 1.82) is 0 Å². The van der Waals surface area contributed by atoms with Crippen molar-refractivity contribution < 1.29 is 9.53 Å². The molecule has 1 heterocycles. The molecule has 1 fully saturated rings. The lowest BCUT2D eigenvalue weighted by molar-refractivity contribution is -0.121. The van der Waals surface area contributed by atoms with Crippen LogP contribution in [-0.4, -0.2) is 30.1 Å². The third-order valence-corrected chi connectivity index (χ3v) is 5.65. The fraction of sp³-hybridized carbons (Fsp3) is 0.0833. The standard InChI is InChI=1S/C24H20N2O2S/c1-26-23(27)22(29-24(26)25-20-9-4-3-5-10-20)16-17-7-6-8-19(15-17)18-11-13-21(28-2)14-12-18/h3-16H,1-2H3/b22-16-,25-24?. The fourth-order valence-electron chi connectivity index (χ4n) is 3.01. The van der Waals surface area contributed by atoms with E-state index in [0.29, 0.717) is 10.1 Å². The van der Waals surface area contributed by atoms with E-state index in [0.717, 1.165) is 28.1 Å². The Balaban J connectivity index is 1.60. The van der Waals surface area contributed by atoms with Gasteiger partial charge in [-0.05, 0) is 64.9 Å². The van der Waals surface area contributed by atoms with E-state index >= 15 is 0 Å². The summed E-state index contributed by atoms with van der Waals surface area (Å²) in [5.74, 6) is 0.785. The lowest BCUT2D eigenvalue weighted by Crippen LogP contribution is -2.23. The Morgan fingerprint density at radius 3 is 2.41 bits per heavy atom. The SMILES string of the molecule is COc1ccc(-c2cccc(/C=C3\SC(=Nc4ccccc4)N(C)C3=O)c2)cc1. The van der Waals surface area contributed by atoms with Gasteiger partial charge >= 0.3 is 0 Å². The van der Waals surface area contributed by atoms with Crippen LogP contribution < -0.4 is 4.74 Å². The molecule has 0 bridgehead atoms. The summed E-state index contributed by atoms with van der Waals surface area (Å²) in [4.78, 5) is 19.5. The van der Waals surface area contributed by atoms with Gasteiger partial charge in [-0.25, -0.2) is 4.99 Å². The van der Waals surface area contributed by atoms with Crippen LogP contribution in [-0.2, 0) is 4.79 Å². The fourth-order valence-corrected chi connectivity index (χ4v) is 3.99. The second kappa shape index (κ2) is 8.37. The molecule has 29 heavy (non-hydrogen) atoms. The minimum atomic E-state index is -0.0421. The summed E-state index contributed by atoms with van der Waals surface area (Å²) in [6, 6.07) is 25.7. The highest BCUT2D eigenvalue weighted by Gasteiger charge is 2.30. The molecule has 0 aromatic heterocycles. The molecule has 4 rings (SSSR count). The van der Waals surface area contributed by atoms with Crippen LogP contribution in [0.2, 0.25) is 0 Å². The van der Waals surface area contributed by atoms with Crippen LogP contribution in [0.4, 0.5) is 5.69 Å². The topological polar surface area (TPSA) is 41.9 Å². The Morgan fingerprint density at radius 2 is 1.69 bits per heavy atom. The molecule has 1 amide bonds. The van der Waals surface area contributed by atoms with Gasteiger partial charge in [0.1, 0.15) is 5.75 Å². The van der Waals surface area contributed by atoms with Gasteiger partial charge in [0.2, 0.25) is 0 Å². The van der Waals surface area contributed by atoms with Gasteiger partial charge in [-0.1, -0.05) is 48.5 Å². The number of hydrogen-bond acceptors (Lipinski definition) is 4. The summed E-state index contributed by atoms with van der Waals surface area (Å²) in [6.45, 7) is 0. The number of hydrogen-bond donors (Lipinski definition) is 0. The summed E-state index contributed by atoms with van der Waals surface area (Å²) >= 11 is 1.39. The average molecular weight is 401 g/mol. The first-order valence-electron chi connectivity index (χ1n) is 9.20. The summed E-state index contributed by atoms with van der Waals surface area (Å²) in [5.41, 5.74) is 3.99. The van der Waals surface area contributed by atoms with E-state index in [-0.39, 0.29) is 5.91 Å². The molecule has 5 heteroatoms. The van der Waals surface area contributed by atoms with Gasteiger partial charge in [0, 0.05) is 7.05 Å². The molecular formula is C24H20N2O2S. The highest BCUT2D eigenvalue weighted by molar-refractivity contribution is 8.18. The average Bonchev–Trinajstić information content (AvgIpc) is 3.02. The maximum Gasteiger partial charge on any atom is 0.266 e. The Morgan fingerprint density at radius 1 is 0.931 bits per heavy atom. The number of methoxy groups -OCH3 is 1. The monoisotopic (exact) mass is 400 g/mol. The number of para-hydroxylation sites is 1. The Kier molecular flexibility index (Phi) is 5.49. The number of benzene rings is 3. The highest BCUT2D eigenvalue weighted by atomic mass is 32.2. The van der Waals surface area contributed by atoms with Crippen molar-refractivity contribution in [2.24, 2.45) is 4.99 Å². The maximum atomic E-state index is 12.7. The smallest absolute Gasteiger partial charge is 0.266 e. The van der Waals surface area contributed by atoms with Crippen molar-refractivity contribution in [2.45, 2.75) is 0 Å². The predicted molar refractivity (Wildman–Crippen MR) is 120 cm³/mol. The third-order valence-electron chi connectivity index (χ3n) is 4.59. The molecule has 0 unspecified atom stereocenters. The van der Waals surface area contributed by atoms with E-state index in [9.17, 15) is 4.79 Å².